The molecule has 0 saturated carbocycles. The Morgan fingerprint density at radius 3 is 2.53 bits per heavy atom. The quantitative estimate of drug-likeness (QED) is 0.591. The summed E-state index contributed by atoms with van der Waals surface area (Å²) in [5, 5.41) is 1.06. The van der Waals surface area contributed by atoms with Gasteiger partial charge in [-0.2, -0.15) is 0 Å². The van der Waals surface area contributed by atoms with Crippen LogP contribution >= 0.6 is 11.8 Å². The Morgan fingerprint density at radius 1 is 1.35 bits per heavy atom. The predicted molar refractivity (Wildman–Crippen MR) is 73.2 cm³/mol. The summed E-state index contributed by atoms with van der Waals surface area (Å²) in [5.74, 6) is 1.11. The minimum absolute atomic E-state index is 0.0812. The van der Waals surface area contributed by atoms with E-state index in [1.807, 2.05) is 37.4 Å². The maximum atomic E-state index is 12.0. The van der Waals surface area contributed by atoms with Gasteiger partial charge < -0.3 is 4.90 Å². The highest BCUT2D eigenvalue weighted by Crippen LogP contribution is 2.37. The first-order chi connectivity index (χ1) is 8.00. The largest absolute Gasteiger partial charge is 0.363 e. The topological polar surface area (TPSA) is 20.3 Å². The SMILES string of the molecule is CN1/C(=C\C(=O)c2ccccc2)SCC1(C)C. The number of hydrogen-bond donors (Lipinski definition) is 0. The van der Waals surface area contributed by atoms with Crippen molar-refractivity contribution in [2.24, 2.45) is 0 Å². The molecule has 1 aliphatic rings. The van der Waals surface area contributed by atoms with Crippen molar-refractivity contribution in [2.45, 2.75) is 19.4 Å². The molecule has 3 heteroatoms. The fourth-order valence-corrected chi connectivity index (χ4v) is 3.00. The molecular weight excluding hydrogens is 230 g/mol. The number of hydrogen-bond acceptors (Lipinski definition) is 3. The van der Waals surface area contributed by atoms with Crippen LogP contribution in [0.2, 0.25) is 0 Å². The van der Waals surface area contributed by atoms with Gasteiger partial charge in [-0.1, -0.05) is 30.3 Å². The number of allylic oxidation sites excluding steroid dienone is 1. The van der Waals surface area contributed by atoms with Crippen LogP contribution in [0.1, 0.15) is 24.2 Å². The molecule has 0 atom stereocenters. The van der Waals surface area contributed by atoms with E-state index in [2.05, 4.69) is 18.7 Å². The lowest BCUT2D eigenvalue weighted by molar-refractivity contribution is 0.104. The number of nitrogens with zero attached hydrogens (tertiary/aromatic N) is 1. The van der Waals surface area contributed by atoms with Crippen molar-refractivity contribution in [1.82, 2.24) is 4.90 Å². The van der Waals surface area contributed by atoms with Gasteiger partial charge in [0.05, 0.1) is 5.03 Å². The molecule has 1 heterocycles. The zero-order valence-electron chi connectivity index (χ0n) is 10.4. The van der Waals surface area contributed by atoms with Crippen molar-refractivity contribution < 1.29 is 4.79 Å². The molecule has 1 saturated heterocycles. The van der Waals surface area contributed by atoms with Crippen molar-refractivity contribution in [3.63, 3.8) is 0 Å². The first kappa shape index (κ1) is 12.2. The van der Waals surface area contributed by atoms with E-state index in [1.165, 1.54) is 0 Å². The predicted octanol–water partition coefficient (Wildman–Crippen LogP) is 3.17. The Kier molecular flexibility index (Phi) is 3.29. The van der Waals surface area contributed by atoms with Crippen LogP contribution in [-0.4, -0.2) is 29.0 Å². The highest BCUT2D eigenvalue weighted by atomic mass is 32.2. The molecule has 2 nitrogen and oxygen atoms in total. The van der Waals surface area contributed by atoms with Gasteiger partial charge in [0.15, 0.2) is 5.78 Å². The van der Waals surface area contributed by atoms with Crippen LogP contribution in [0.15, 0.2) is 41.4 Å². The molecule has 1 aromatic carbocycles. The van der Waals surface area contributed by atoms with Gasteiger partial charge in [0.25, 0.3) is 0 Å². The van der Waals surface area contributed by atoms with Gasteiger partial charge in [0, 0.05) is 30.0 Å². The van der Waals surface area contributed by atoms with E-state index >= 15 is 0 Å². The lowest BCUT2D eigenvalue weighted by Crippen LogP contribution is -2.36. The monoisotopic (exact) mass is 247 g/mol. The molecule has 0 unspecified atom stereocenters. The fraction of sp³-hybridized carbons (Fsp3) is 0.357. The van der Waals surface area contributed by atoms with Crippen molar-refractivity contribution in [2.75, 3.05) is 12.8 Å². The molecule has 0 bridgehead atoms. The second kappa shape index (κ2) is 4.57. The molecule has 1 fully saturated rings. The van der Waals surface area contributed by atoms with E-state index in [1.54, 1.807) is 17.8 Å². The van der Waals surface area contributed by atoms with Crippen LogP contribution in [0.3, 0.4) is 0 Å². The molecule has 1 aromatic rings. The number of ketones is 1. The Balaban J connectivity index is 2.19. The molecule has 0 N–H and O–H groups in total. The zero-order valence-corrected chi connectivity index (χ0v) is 11.3. The average Bonchev–Trinajstić information content (AvgIpc) is 2.57. The standard InChI is InChI=1S/C14H17NOS/c1-14(2)10-17-13(15(14)3)9-12(16)11-7-5-4-6-8-11/h4-9H,10H2,1-3H3/b13-9+. The molecule has 17 heavy (non-hydrogen) atoms. The Hall–Kier alpha value is -1.22. The fourth-order valence-electron chi connectivity index (χ4n) is 1.68. The number of benzene rings is 1. The van der Waals surface area contributed by atoms with Gasteiger partial charge in [-0.25, -0.2) is 0 Å². The van der Waals surface area contributed by atoms with E-state index in [4.69, 9.17) is 0 Å². The molecule has 0 spiro atoms. The normalized spacial score (nSPS) is 20.9. The number of carbonyl (C=O) groups excluding carboxylic acids is 1. The van der Waals surface area contributed by atoms with Crippen molar-refractivity contribution in [1.29, 1.82) is 0 Å². The molecule has 0 amide bonds. The maximum Gasteiger partial charge on any atom is 0.188 e. The summed E-state index contributed by atoms with van der Waals surface area (Å²) >= 11 is 1.75. The summed E-state index contributed by atoms with van der Waals surface area (Å²) < 4.78 is 0. The molecular formula is C14H17NOS. The third kappa shape index (κ3) is 2.55. The smallest absolute Gasteiger partial charge is 0.188 e. The number of thioether (sulfide) groups is 1. The highest BCUT2D eigenvalue weighted by Gasteiger charge is 2.33. The van der Waals surface area contributed by atoms with Crippen molar-refractivity contribution >= 4 is 17.5 Å². The van der Waals surface area contributed by atoms with Crippen LogP contribution in [-0.2, 0) is 0 Å². The van der Waals surface area contributed by atoms with Gasteiger partial charge in [-0.05, 0) is 13.8 Å². The lowest BCUT2D eigenvalue weighted by Gasteiger charge is -2.28. The first-order valence-corrected chi connectivity index (χ1v) is 6.67. The second-order valence-corrected chi connectivity index (χ2v) is 5.87. The lowest BCUT2D eigenvalue weighted by atomic mass is 10.1. The molecule has 0 aromatic heterocycles. The van der Waals surface area contributed by atoms with Crippen LogP contribution in [0.4, 0.5) is 0 Å². The van der Waals surface area contributed by atoms with E-state index in [0.717, 1.165) is 16.3 Å². The Labute approximate surface area is 107 Å². The van der Waals surface area contributed by atoms with E-state index in [0.29, 0.717) is 0 Å². The summed E-state index contributed by atoms with van der Waals surface area (Å²) in [4.78, 5) is 14.2. The first-order valence-electron chi connectivity index (χ1n) is 5.68. The Bertz CT molecular complexity index is 451. The summed E-state index contributed by atoms with van der Waals surface area (Å²) in [5.41, 5.74) is 0.881. The third-order valence-electron chi connectivity index (χ3n) is 3.12. The minimum Gasteiger partial charge on any atom is -0.363 e. The number of rotatable bonds is 2. The second-order valence-electron chi connectivity index (χ2n) is 4.87. The van der Waals surface area contributed by atoms with E-state index in [9.17, 15) is 4.79 Å². The molecule has 90 valence electrons. The van der Waals surface area contributed by atoms with Gasteiger partial charge in [-0.15, -0.1) is 11.8 Å². The Morgan fingerprint density at radius 2 is 2.00 bits per heavy atom. The molecule has 0 aliphatic carbocycles. The number of carbonyl (C=O) groups is 1. The minimum atomic E-state index is 0.0812. The van der Waals surface area contributed by atoms with E-state index in [-0.39, 0.29) is 11.3 Å². The van der Waals surface area contributed by atoms with Gasteiger partial charge in [0.2, 0.25) is 0 Å². The van der Waals surface area contributed by atoms with Crippen LogP contribution in [0.25, 0.3) is 0 Å². The maximum absolute atomic E-state index is 12.0. The van der Waals surface area contributed by atoms with Gasteiger partial charge in [-0.3, -0.25) is 4.79 Å². The third-order valence-corrected chi connectivity index (χ3v) is 4.66. The summed E-state index contributed by atoms with van der Waals surface area (Å²) in [6.45, 7) is 4.38. The zero-order chi connectivity index (χ0) is 12.5. The van der Waals surface area contributed by atoms with Crippen LogP contribution < -0.4 is 0 Å². The van der Waals surface area contributed by atoms with Gasteiger partial charge >= 0.3 is 0 Å². The molecule has 1 aliphatic heterocycles. The van der Waals surface area contributed by atoms with E-state index < -0.39 is 0 Å². The summed E-state index contributed by atoms with van der Waals surface area (Å²) in [6.07, 6.45) is 1.74. The van der Waals surface area contributed by atoms with Gasteiger partial charge in [0.1, 0.15) is 0 Å². The average molecular weight is 247 g/mol. The summed E-state index contributed by atoms with van der Waals surface area (Å²) in [7, 11) is 2.05. The van der Waals surface area contributed by atoms with Crippen LogP contribution in [0, 0.1) is 0 Å². The molecule has 2 rings (SSSR count). The van der Waals surface area contributed by atoms with Crippen LogP contribution in [0.5, 0.6) is 0 Å². The highest BCUT2D eigenvalue weighted by molar-refractivity contribution is 8.03. The van der Waals surface area contributed by atoms with Crippen molar-refractivity contribution in [3.8, 4) is 0 Å². The molecule has 0 radical (unpaired) electrons. The van der Waals surface area contributed by atoms with Crippen molar-refractivity contribution in [3.05, 3.63) is 47.0 Å². The summed E-state index contributed by atoms with van der Waals surface area (Å²) in [6, 6.07) is 9.40.